The number of carbonyl (C=O) groups excluding carboxylic acids is 1. The Hall–Kier alpha value is -1.88. The smallest absolute Gasteiger partial charge is 0.328 e. The molecule has 0 fully saturated rings. The predicted molar refractivity (Wildman–Crippen MR) is 80.1 cm³/mol. The van der Waals surface area contributed by atoms with E-state index in [9.17, 15) is 14.7 Å². The molecule has 21 heavy (non-hydrogen) atoms. The molecule has 3 N–H and O–H groups in total. The van der Waals surface area contributed by atoms with Crippen LogP contribution in [0.15, 0.2) is 18.2 Å². The Balaban J connectivity index is 2.44. The van der Waals surface area contributed by atoms with Crippen molar-refractivity contribution in [2.75, 3.05) is 0 Å². The third-order valence-corrected chi connectivity index (χ3v) is 3.41. The molecule has 1 aromatic carbocycles. The van der Waals surface area contributed by atoms with Crippen LogP contribution in [0.2, 0.25) is 0 Å². The third kappa shape index (κ3) is 5.55. The number of hydrogen-bond donors (Lipinski definition) is 3. The molecule has 0 spiro atoms. The van der Waals surface area contributed by atoms with Gasteiger partial charge in [0.2, 0.25) is 5.91 Å². The van der Waals surface area contributed by atoms with Crippen LogP contribution in [0.25, 0.3) is 0 Å². The molecule has 2 unspecified atom stereocenters. The number of benzene rings is 1. The van der Waals surface area contributed by atoms with Crippen LogP contribution in [-0.2, 0) is 16.0 Å². The summed E-state index contributed by atoms with van der Waals surface area (Å²) in [4.78, 5) is 22.6. The van der Waals surface area contributed by atoms with E-state index in [1.807, 2.05) is 19.9 Å². The molecule has 0 radical (unpaired) electrons. The third-order valence-electron chi connectivity index (χ3n) is 3.41. The average molecular weight is 293 g/mol. The van der Waals surface area contributed by atoms with Gasteiger partial charge in [0.25, 0.3) is 0 Å². The van der Waals surface area contributed by atoms with Crippen LogP contribution >= 0.6 is 0 Å². The Labute approximate surface area is 125 Å². The summed E-state index contributed by atoms with van der Waals surface area (Å²) in [6.07, 6.45) is 0.531. The van der Waals surface area contributed by atoms with E-state index in [0.717, 1.165) is 6.42 Å². The first kappa shape index (κ1) is 17.2. The standard InChI is InChI=1S/C16H23NO4/c1-10-7-8-13(11(2)9-10)5-4-6-14(19)17-15(12(3)18)16(20)21/h7-9,12,15,18H,4-6H2,1-3H3,(H,17,19)(H,20,21). The second-order valence-electron chi connectivity index (χ2n) is 5.41. The highest BCUT2D eigenvalue weighted by Crippen LogP contribution is 2.13. The molecule has 0 heterocycles. The van der Waals surface area contributed by atoms with Gasteiger partial charge in [-0.15, -0.1) is 0 Å². The van der Waals surface area contributed by atoms with E-state index in [1.54, 1.807) is 0 Å². The zero-order chi connectivity index (χ0) is 16.0. The van der Waals surface area contributed by atoms with Crippen LogP contribution in [0, 0.1) is 13.8 Å². The fourth-order valence-corrected chi connectivity index (χ4v) is 2.20. The Kier molecular flexibility index (Phi) is 6.37. The first-order valence-corrected chi connectivity index (χ1v) is 7.07. The lowest BCUT2D eigenvalue weighted by Crippen LogP contribution is -2.47. The molecule has 0 aliphatic heterocycles. The van der Waals surface area contributed by atoms with Crippen LogP contribution in [-0.4, -0.2) is 34.2 Å². The lowest BCUT2D eigenvalue weighted by atomic mass is 10.0. The molecule has 116 valence electrons. The van der Waals surface area contributed by atoms with E-state index in [1.165, 1.54) is 23.6 Å². The van der Waals surface area contributed by atoms with Gasteiger partial charge in [-0.05, 0) is 44.7 Å². The predicted octanol–water partition coefficient (Wildman–Crippen LogP) is 1.58. The van der Waals surface area contributed by atoms with Crippen molar-refractivity contribution in [1.82, 2.24) is 5.32 Å². The lowest BCUT2D eigenvalue weighted by Gasteiger charge is -2.17. The van der Waals surface area contributed by atoms with E-state index >= 15 is 0 Å². The van der Waals surface area contributed by atoms with Crippen LogP contribution in [0.5, 0.6) is 0 Å². The van der Waals surface area contributed by atoms with Crippen LogP contribution in [0.3, 0.4) is 0 Å². The molecule has 1 aromatic rings. The largest absolute Gasteiger partial charge is 0.480 e. The SMILES string of the molecule is Cc1ccc(CCCC(=O)NC(C(=O)O)C(C)O)c(C)c1. The van der Waals surface area contributed by atoms with Crippen molar-refractivity contribution in [3.8, 4) is 0 Å². The van der Waals surface area contributed by atoms with Crippen LogP contribution < -0.4 is 5.32 Å². The van der Waals surface area contributed by atoms with Crippen molar-refractivity contribution in [2.24, 2.45) is 0 Å². The van der Waals surface area contributed by atoms with E-state index in [-0.39, 0.29) is 12.3 Å². The number of aryl methyl sites for hydroxylation is 3. The number of rotatable bonds is 7. The van der Waals surface area contributed by atoms with Gasteiger partial charge in [-0.2, -0.15) is 0 Å². The summed E-state index contributed by atoms with van der Waals surface area (Å²) in [5.41, 5.74) is 3.59. The van der Waals surface area contributed by atoms with E-state index in [0.29, 0.717) is 6.42 Å². The zero-order valence-electron chi connectivity index (χ0n) is 12.7. The van der Waals surface area contributed by atoms with Gasteiger partial charge in [0.05, 0.1) is 6.10 Å². The van der Waals surface area contributed by atoms with E-state index < -0.39 is 18.1 Å². The molecule has 0 aliphatic rings. The molecule has 0 aliphatic carbocycles. The summed E-state index contributed by atoms with van der Waals surface area (Å²) < 4.78 is 0. The van der Waals surface area contributed by atoms with Gasteiger partial charge in [-0.25, -0.2) is 4.79 Å². The minimum absolute atomic E-state index is 0.240. The zero-order valence-corrected chi connectivity index (χ0v) is 12.7. The molecule has 0 aromatic heterocycles. The Morgan fingerprint density at radius 3 is 2.48 bits per heavy atom. The summed E-state index contributed by atoms with van der Waals surface area (Å²) in [7, 11) is 0. The van der Waals surface area contributed by atoms with Crippen molar-refractivity contribution >= 4 is 11.9 Å². The highest BCUT2D eigenvalue weighted by atomic mass is 16.4. The highest BCUT2D eigenvalue weighted by Gasteiger charge is 2.24. The molecule has 1 amide bonds. The monoisotopic (exact) mass is 293 g/mol. The molecule has 1 rings (SSSR count). The number of amides is 1. The molecule has 0 saturated heterocycles. The summed E-state index contributed by atoms with van der Waals surface area (Å²) in [5.74, 6) is -1.58. The fraction of sp³-hybridized carbons (Fsp3) is 0.500. The first-order chi connectivity index (χ1) is 9.81. The molecule has 5 nitrogen and oxygen atoms in total. The lowest BCUT2D eigenvalue weighted by molar-refractivity contribution is -0.144. The van der Waals surface area contributed by atoms with Gasteiger partial charge in [0.1, 0.15) is 0 Å². The maximum Gasteiger partial charge on any atom is 0.328 e. The highest BCUT2D eigenvalue weighted by molar-refractivity contribution is 5.83. The molecule has 5 heteroatoms. The van der Waals surface area contributed by atoms with E-state index in [2.05, 4.69) is 17.4 Å². The summed E-state index contributed by atoms with van der Waals surface area (Å²) >= 11 is 0. The van der Waals surface area contributed by atoms with Gasteiger partial charge in [-0.1, -0.05) is 23.8 Å². The summed E-state index contributed by atoms with van der Waals surface area (Å²) in [6, 6.07) is 4.94. The number of aliphatic hydroxyl groups excluding tert-OH is 1. The number of hydrogen-bond acceptors (Lipinski definition) is 3. The molecule has 2 atom stereocenters. The minimum Gasteiger partial charge on any atom is -0.480 e. The molecule has 0 bridgehead atoms. The topological polar surface area (TPSA) is 86.6 Å². The quantitative estimate of drug-likeness (QED) is 0.712. The van der Waals surface area contributed by atoms with Gasteiger partial charge >= 0.3 is 5.97 Å². The molecular formula is C16H23NO4. The maximum atomic E-state index is 11.7. The van der Waals surface area contributed by atoms with Gasteiger partial charge in [0.15, 0.2) is 6.04 Å². The Morgan fingerprint density at radius 1 is 1.29 bits per heavy atom. The fourth-order valence-electron chi connectivity index (χ4n) is 2.20. The number of nitrogens with one attached hydrogen (secondary N) is 1. The Morgan fingerprint density at radius 2 is 1.95 bits per heavy atom. The number of aliphatic hydroxyl groups is 1. The first-order valence-electron chi connectivity index (χ1n) is 7.07. The molecule has 0 saturated carbocycles. The van der Waals surface area contributed by atoms with Crippen molar-refractivity contribution < 1.29 is 19.8 Å². The van der Waals surface area contributed by atoms with Crippen LogP contribution in [0.1, 0.15) is 36.5 Å². The van der Waals surface area contributed by atoms with Crippen molar-refractivity contribution in [1.29, 1.82) is 0 Å². The van der Waals surface area contributed by atoms with Gasteiger partial charge in [0, 0.05) is 6.42 Å². The molecular weight excluding hydrogens is 270 g/mol. The van der Waals surface area contributed by atoms with Gasteiger partial charge in [-0.3, -0.25) is 4.79 Å². The minimum atomic E-state index is -1.25. The van der Waals surface area contributed by atoms with Crippen LogP contribution in [0.4, 0.5) is 0 Å². The van der Waals surface area contributed by atoms with Crippen molar-refractivity contribution in [3.63, 3.8) is 0 Å². The van der Waals surface area contributed by atoms with Crippen molar-refractivity contribution in [2.45, 2.75) is 52.2 Å². The Bertz CT molecular complexity index is 511. The van der Waals surface area contributed by atoms with Crippen molar-refractivity contribution in [3.05, 3.63) is 34.9 Å². The number of carbonyl (C=O) groups is 2. The second-order valence-corrected chi connectivity index (χ2v) is 5.41. The average Bonchev–Trinajstić information content (AvgIpc) is 2.37. The number of aliphatic carboxylic acids is 1. The number of carboxylic acid groups (broad SMARTS) is 1. The summed E-state index contributed by atoms with van der Waals surface area (Å²) in [6.45, 7) is 5.41. The number of carboxylic acids is 1. The normalized spacial score (nSPS) is 13.5. The second kappa shape index (κ2) is 7.78. The summed E-state index contributed by atoms with van der Waals surface area (Å²) in [5, 5.41) is 20.5. The van der Waals surface area contributed by atoms with E-state index in [4.69, 9.17) is 5.11 Å². The maximum absolute atomic E-state index is 11.7. The van der Waals surface area contributed by atoms with Gasteiger partial charge < -0.3 is 15.5 Å².